The number of hydrogen-bond acceptors (Lipinski definition) is 6. The van der Waals surface area contributed by atoms with E-state index in [1.165, 1.54) is 29.2 Å². The van der Waals surface area contributed by atoms with Crippen LogP contribution in [0.15, 0.2) is 29.2 Å². The van der Waals surface area contributed by atoms with Gasteiger partial charge in [-0.25, -0.2) is 12.8 Å². The Morgan fingerprint density at radius 1 is 1.38 bits per heavy atom. The number of carbonyl (C=O) groups excluding carboxylic acids is 3. The van der Waals surface area contributed by atoms with E-state index in [1.807, 2.05) is 0 Å². The molecule has 2 aliphatic heterocycles. The maximum absolute atomic E-state index is 13.3. The molecule has 0 aromatic heterocycles. The van der Waals surface area contributed by atoms with Gasteiger partial charge in [-0.15, -0.1) is 0 Å². The molecule has 7 nitrogen and oxygen atoms in total. The Morgan fingerprint density at radius 3 is 2.76 bits per heavy atom. The average Bonchev–Trinajstić information content (AvgIpc) is 3.13. The predicted octanol–water partition coefficient (Wildman–Crippen LogP) is 2.29. The zero-order valence-electron chi connectivity index (χ0n) is 15.8. The topological polar surface area (TPSA) is 91.8 Å². The zero-order valence-corrected chi connectivity index (χ0v) is 17.5. The minimum Gasteiger partial charge on any atom is -0.339 e. The Balaban J connectivity index is 1.63. The summed E-state index contributed by atoms with van der Waals surface area (Å²) in [6, 6.07) is 5.30. The first-order chi connectivity index (χ1) is 13.7. The van der Waals surface area contributed by atoms with Crippen LogP contribution in [0.2, 0.25) is 0 Å². The number of rotatable bonds is 6. The summed E-state index contributed by atoms with van der Waals surface area (Å²) in [6.45, 7) is 2.05. The molecule has 1 aromatic carbocycles. The van der Waals surface area contributed by atoms with E-state index in [0.717, 1.165) is 16.7 Å². The van der Waals surface area contributed by atoms with Crippen molar-refractivity contribution < 1.29 is 27.2 Å². The summed E-state index contributed by atoms with van der Waals surface area (Å²) >= 11 is 0.745. The molecule has 156 valence electrons. The highest BCUT2D eigenvalue weighted by Gasteiger charge is 2.37. The van der Waals surface area contributed by atoms with E-state index >= 15 is 0 Å². The van der Waals surface area contributed by atoms with Gasteiger partial charge < -0.3 is 4.90 Å². The Kier molecular flexibility index (Phi) is 6.42. The van der Waals surface area contributed by atoms with Crippen LogP contribution in [0, 0.1) is 5.82 Å². The molecule has 0 bridgehead atoms. The minimum atomic E-state index is -3.12. The Labute approximate surface area is 172 Å². The number of imide groups is 1. The number of amides is 3. The van der Waals surface area contributed by atoms with E-state index in [0.29, 0.717) is 18.5 Å². The second-order valence-corrected chi connectivity index (χ2v) is 10.1. The average molecular weight is 441 g/mol. The van der Waals surface area contributed by atoms with Crippen molar-refractivity contribution in [1.82, 2.24) is 9.80 Å². The van der Waals surface area contributed by atoms with Crippen molar-refractivity contribution in [3.63, 3.8) is 0 Å². The van der Waals surface area contributed by atoms with Crippen LogP contribution in [0.1, 0.15) is 25.3 Å². The molecule has 0 radical (unpaired) electrons. The van der Waals surface area contributed by atoms with Gasteiger partial charge in [0, 0.05) is 25.6 Å². The summed E-state index contributed by atoms with van der Waals surface area (Å²) < 4.78 is 36.7. The third-order valence-corrected chi connectivity index (χ3v) is 7.54. The molecule has 2 aliphatic rings. The van der Waals surface area contributed by atoms with Crippen molar-refractivity contribution in [3.05, 3.63) is 40.6 Å². The van der Waals surface area contributed by atoms with Crippen LogP contribution in [0.4, 0.5) is 9.18 Å². The molecule has 1 atom stereocenters. The Bertz CT molecular complexity index is 977. The molecule has 10 heteroatoms. The van der Waals surface area contributed by atoms with E-state index in [-0.39, 0.29) is 41.3 Å². The second-order valence-electron chi connectivity index (χ2n) is 6.87. The van der Waals surface area contributed by atoms with Gasteiger partial charge in [0.1, 0.15) is 5.82 Å². The fourth-order valence-corrected chi connectivity index (χ4v) is 6.05. The van der Waals surface area contributed by atoms with E-state index < -0.39 is 26.8 Å². The molecule has 29 heavy (non-hydrogen) atoms. The number of hydrogen-bond donors (Lipinski definition) is 0. The molecule has 0 spiro atoms. The maximum Gasteiger partial charge on any atom is 0.293 e. The van der Waals surface area contributed by atoms with Crippen molar-refractivity contribution in [2.24, 2.45) is 0 Å². The first-order valence-electron chi connectivity index (χ1n) is 9.21. The standard InChI is InChI=1S/C19H21FN2O5S2/c1-2-21(15-7-9-29(26,27)12-15)17(23)6-8-22-18(24)16(28-19(22)25)11-13-4-3-5-14(20)10-13/h3-5,10-11,15H,2,6-9,12H2,1H3/b16-11-. The molecule has 2 saturated heterocycles. The van der Waals surface area contributed by atoms with Crippen LogP contribution >= 0.6 is 11.8 Å². The van der Waals surface area contributed by atoms with Crippen LogP contribution in [0.25, 0.3) is 6.08 Å². The summed E-state index contributed by atoms with van der Waals surface area (Å²) in [5.74, 6) is -1.25. The van der Waals surface area contributed by atoms with Gasteiger partial charge in [-0.3, -0.25) is 19.3 Å². The molecule has 1 aromatic rings. The van der Waals surface area contributed by atoms with Crippen molar-refractivity contribution in [1.29, 1.82) is 0 Å². The van der Waals surface area contributed by atoms with E-state index in [2.05, 4.69) is 0 Å². The Hall–Kier alpha value is -2.20. The summed E-state index contributed by atoms with van der Waals surface area (Å²) in [5.41, 5.74) is 0.464. The van der Waals surface area contributed by atoms with E-state index in [9.17, 15) is 27.2 Å². The fraction of sp³-hybridized carbons (Fsp3) is 0.421. The lowest BCUT2D eigenvalue weighted by molar-refractivity contribution is -0.133. The third kappa shape index (κ3) is 5.05. The van der Waals surface area contributed by atoms with Crippen LogP contribution in [0.5, 0.6) is 0 Å². The summed E-state index contributed by atoms with van der Waals surface area (Å²) in [4.78, 5) is 40.0. The monoisotopic (exact) mass is 440 g/mol. The molecule has 0 saturated carbocycles. The van der Waals surface area contributed by atoms with Crippen LogP contribution < -0.4 is 0 Å². The van der Waals surface area contributed by atoms with Gasteiger partial charge in [0.15, 0.2) is 9.84 Å². The van der Waals surface area contributed by atoms with Crippen LogP contribution in [-0.4, -0.2) is 65.9 Å². The quantitative estimate of drug-likeness (QED) is 0.631. The Morgan fingerprint density at radius 2 is 2.14 bits per heavy atom. The predicted molar refractivity (Wildman–Crippen MR) is 108 cm³/mol. The number of benzene rings is 1. The molecule has 2 fully saturated rings. The highest BCUT2D eigenvalue weighted by atomic mass is 32.2. The number of thioether (sulfide) groups is 1. The van der Waals surface area contributed by atoms with Gasteiger partial charge in [0.2, 0.25) is 5.91 Å². The maximum atomic E-state index is 13.3. The highest BCUT2D eigenvalue weighted by Crippen LogP contribution is 2.32. The summed E-state index contributed by atoms with van der Waals surface area (Å²) in [5, 5.41) is -0.489. The van der Waals surface area contributed by atoms with Crippen molar-refractivity contribution in [2.75, 3.05) is 24.6 Å². The molecule has 3 amide bonds. The number of halogens is 1. The molecule has 1 unspecified atom stereocenters. The molecular weight excluding hydrogens is 419 g/mol. The number of nitrogens with zero attached hydrogens (tertiary/aromatic N) is 2. The molecule has 0 N–H and O–H groups in total. The van der Waals surface area contributed by atoms with Gasteiger partial charge in [-0.2, -0.15) is 0 Å². The van der Waals surface area contributed by atoms with Crippen LogP contribution in [-0.2, 0) is 19.4 Å². The van der Waals surface area contributed by atoms with Gasteiger partial charge in [0.25, 0.3) is 11.1 Å². The van der Waals surface area contributed by atoms with Crippen molar-refractivity contribution >= 4 is 44.7 Å². The highest BCUT2D eigenvalue weighted by molar-refractivity contribution is 8.18. The van der Waals surface area contributed by atoms with Gasteiger partial charge in [-0.1, -0.05) is 12.1 Å². The van der Waals surface area contributed by atoms with Gasteiger partial charge in [0.05, 0.1) is 16.4 Å². The smallest absolute Gasteiger partial charge is 0.293 e. The van der Waals surface area contributed by atoms with Crippen molar-refractivity contribution in [2.45, 2.75) is 25.8 Å². The number of sulfone groups is 1. The lowest BCUT2D eigenvalue weighted by Crippen LogP contribution is -2.42. The summed E-state index contributed by atoms with van der Waals surface area (Å²) in [6.07, 6.45) is 1.77. The zero-order chi connectivity index (χ0) is 21.2. The largest absolute Gasteiger partial charge is 0.339 e. The summed E-state index contributed by atoms with van der Waals surface area (Å²) in [7, 11) is -3.12. The normalized spacial score (nSPS) is 22.5. The van der Waals surface area contributed by atoms with E-state index in [1.54, 1.807) is 13.0 Å². The second kappa shape index (κ2) is 8.66. The van der Waals surface area contributed by atoms with Gasteiger partial charge >= 0.3 is 0 Å². The van der Waals surface area contributed by atoms with Crippen molar-refractivity contribution in [3.8, 4) is 0 Å². The molecule has 3 rings (SSSR count). The number of carbonyl (C=O) groups is 3. The first-order valence-corrected chi connectivity index (χ1v) is 11.8. The lowest BCUT2D eigenvalue weighted by atomic mass is 10.2. The lowest BCUT2D eigenvalue weighted by Gasteiger charge is -2.27. The first kappa shape index (κ1) is 21.5. The minimum absolute atomic E-state index is 0.0511. The molecule has 2 heterocycles. The van der Waals surface area contributed by atoms with E-state index in [4.69, 9.17) is 0 Å². The molecule has 0 aliphatic carbocycles. The van der Waals surface area contributed by atoms with Crippen LogP contribution in [0.3, 0.4) is 0 Å². The third-order valence-electron chi connectivity index (χ3n) is 4.88. The van der Waals surface area contributed by atoms with Gasteiger partial charge in [-0.05, 0) is 48.9 Å². The SMILES string of the molecule is CCN(C(=O)CCN1C(=O)S/C(=C\c2cccc(F)c2)C1=O)C1CCS(=O)(=O)C1. The molecular formula is C19H21FN2O5S2. The fourth-order valence-electron chi connectivity index (χ4n) is 3.45.